The van der Waals surface area contributed by atoms with Gasteiger partial charge >= 0.3 is 0 Å². The van der Waals surface area contributed by atoms with Crippen molar-refractivity contribution in [1.82, 2.24) is 10.3 Å². The number of aromatic nitrogens is 1. The first-order valence-electron chi connectivity index (χ1n) is 7.70. The molecule has 5 heteroatoms. The highest BCUT2D eigenvalue weighted by Gasteiger charge is 2.18. The molecule has 3 rings (SSSR count). The van der Waals surface area contributed by atoms with Crippen molar-refractivity contribution in [3.8, 4) is 0 Å². The first kappa shape index (κ1) is 16.3. The van der Waals surface area contributed by atoms with Crippen molar-refractivity contribution >= 4 is 17.5 Å². The Labute approximate surface area is 145 Å². The summed E-state index contributed by atoms with van der Waals surface area (Å²) in [6.45, 7) is 0. The maximum absolute atomic E-state index is 12.4. The zero-order valence-electron chi connectivity index (χ0n) is 13.0. The minimum Gasteiger partial charge on any atom is -0.469 e. The number of furan rings is 1. The molecule has 2 aromatic heterocycles. The molecule has 0 radical (unpaired) electrons. The maximum atomic E-state index is 12.4. The first-order chi connectivity index (χ1) is 11.7. The van der Waals surface area contributed by atoms with Gasteiger partial charge in [-0.3, -0.25) is 9.78 Å². The molecular weight excluding hydrogens is 324 g/mol. The molecule has 0 saturated heterocycles. The first-order valence-corrected chi connectivity index (χ1v) is 8.08. The molecule has 0 aliphatic carbocycles. The van der Waals surface area contributed by atoms with Gasteiger partial charge in [0.05, 0.1) is 18.0 Å². The van der Waals surface area contributed by atoms with Crippen molar-refractivity contribution in [1.29, 1.82) is 0 Å². The zero-order valence-corrected chi connectivity index (χ0v) is 13.7. The highest BCUT2D eigenvalue weighted by Crippen LogP contribution is 2.23. The Balaban J connectivity index is 1.76. The lowest BCUT2D eigenvalue weighted by molar-refractivity contribution is -0.121. The number of carbonyl (C=O) groups excluding carboxylic acids is 1. The fraction of sp³-hybridized carbons (Fsp3) is 0.158. The van der Waals surface area contributed by atoms with E-state index in [0.29, 0.717) is 17.9 Å². The van der Waals surface area contributed by atoms with Crippen LogP contribution < -0.4 is 5.32 Å². The number of halogens is 1. The summed E-state index contributed by atoms with van der Waals surface area (Å²) < 4.78 is 5.26. The maximum Gasteiger partial charge on any atom is 0.221 e. The van der Waals surface area contributed by atoms with Gasteiger partial charge in [-0.15, -0.1) is 0 Å². The van der Waals surface area contributed by atoms with Crippen LogP contribution in [0.25, 0.3) is 0 Å². The molecule has 1 atom stereocenters. The summed E-state index contributed by atoms with van der Waals surface area (Å²) in [4.78, 5) is 16.7. The van der Waals surface area contributed by atoms with Gasteiger partial charge in [-0.2, -0.15) is 0 Å². The number of carbonyl (C=O) groups is 1. The van der Waals surface area contributed by atoms with Crippen LogP contribution in [0.2, 0.25) is 5.02 Å². The molecule has 3 aromatic rings. The van der Waals surface area contributed by atoms with Crippen molar-refractivity contribution in [2.45, 2.75) is 18.9 Å². The zero-order chi connectivity index (χ0) is 16.8. The largest absolute Gasteiger partial charge is 0.469 e. The number of rotatable bonds is 6. The van der Waals surface area contributed by atoms with Crippen molar-refractivity contribution in [3.63, 3.8) is 0 Å². The predicted octanol–water partition coefficient (Wildman–Crippen LogP) is 4.17. The molecule has 122 valence electrons. The number of hydrogen-bond acceptors (Lipinski definition) is 3. The molecule has 1 N–H and O–H groups in total. The van der Waals surface area contributed by atoms with Gasteiger partial charge in [-0.1, -0.05) is 29.8 Å². The third kappa shape index (κ3) is 4.24. The summed E-state index contributed by atoms with van der Waals surface area (Å²) in [6.07, 6.45) is 4.22. The van der Waals surface area contributed by atoms with E-state index in [2.05, 4.69) is 10.3 Å². The smallest absolute Gasteiger partial charge is 0.221 e. The van der Waals surface area contributed by atoms with E-state index in [1.165, 1.54) is 0 Å². The SMILES string of the molecule is O=C(CCc1ccco1)NC(c1cccc(Cl)c1)c1ccccn1. The van der Waals surface area contributed by atoms with Gasteiger partial charge in [0.1, 0.15) is 5.76 Å². The number of nitrogens with zero attached hydrogens (tertiary/aromatic N) is 1. The highest BCUT2D eigenvalue weighted by molar-refractivity contribution is 6.30. The predicted molar refractivity (Wildman–Crippen MR) is 92.7 cm³/mol. The lowest BCUT2D eigenvalue weighted by Crippen LogP contribution is -2.30. The number of amides is 1. The minimum absolute atomic E-state index is 0.0676. The van der Waals surface area contributed by atoms with E-state index in [1.54, 1.807) is 18.5 Å². The lowest BCUT2D eigenvalue weighted by atomic mass is 10.0. The van der Waals surface area contributed by atoms with Crippen LogP contribution in [0.3, 0.4) is 0 Å². The third-order valence-electron chi connectivity index (χ3n) is 3.65. The molecule has 24 heavy (non-hydrogen) atoms. The quantitative estimate of drug-likeness (QED) is 0.732. The van der Waals surface area contributed by atoms with Crippen LogP contribution >= 0.6 is 11.6 Å². The van der Waals surface area contributed by atoms with Crippen LogP contribution in [0.5, 0.6) is 0 Å². The Bertz CT molecular complexity index is 788. The van der Waals surface area contributed by atoms with Crippen LogP contribution in [0.4, 0.5) is 0 Å². The molecule has 0 bridgehead atoms. The van der Waals surface area contributed by atoms with Crippen molar-refractivity contribution in [3.05, 3.63) is 89.1 Å². The molecule has 0 aliphatic heterocycles. The summed E-state index contributed by atoms with van der Waals surface area (Å²) in [5.41, 5.74) is 1.67. The van der Waals surface area contributed by atoms with Crippen molar-refractivity contribution < 1.29 is 9.21 Å². The average Bonchev–Trinajstić information content (AvgIpc) is 3.12. The van der Waals surface area contributed by atoms with Crippen LogP contribution in [-0.2, 0) is 11.2 Å². The van der Waals surface area contributed by atoms with E-state index in [4.69, 9.17) is 16.0 Å². The van der Waals surface area contributed by atoms with Crippen molar-refractivity contribution in [2.75, 3.05) is 0 Å². The summed E-state index contributed by atoms with van der Waals surface area (Å²) in [7, 11) is 0. The van der Waals surface area contributed by atoms with Crippen molar-refractivity contribution in [2.24, 2.45) is 0 Å². The van der Waals surface area contributed by atoms with Crippen LogP contribution in [0.15, 0.2) is 71.5 Å². The second-order valence-electron chi connectivity index (χ2n) is 5.39. The summed E-state index contributed by atoms with van der Waals surface area (Å²) in [6, 6.07) is 16.4. The van der Waals surface area contributed by atoms with Crippen LogP contribution in [0.1, 0.15) is 29.5 Å². The van der Waals surface area contributed by atoms with Gasteiger partial charge < -0.3 is 9.73 Å². The second kappa shape index (κ2) is 7.79. The van der Waals surface area contributed by atoms with Gasteiger partial charge in [-0.25, -0.2) is 0 Å². The Morgan fingerprint density at radius 3 is 2.79 bits per heavy atom. The average molecular weight is 341 g/mol. The standard InChI is InChI=1S/C19H17ClN2O2/c20-15-6-3-5-14(13-15)19(17-8-1-2-11-21-17)22-18(23)10-9-16-7-4-12-24-16/h1-8,11-13,19H,9-10H2,(H,22,23). The molecule has 1 aromatic carbocycles. The Hall–Kier alpha value is -2.59. The normalized spacial score (nSPS) is 11.9. The highest BCUT2D eigenvalue weighted by atomic mass is 35.5. The van der Waals surface area contributed by atoms with E-state index in [-0.39, 0.29) is 11.9 Å². The number of hydrogen-bond donors (Lipinski definition) is 1. The molecule has 0 fully saturated rings. The molecule has 0 spiro atoms. The summed E-state index contributed by atoms with van der Waals surface area (Å²) in [5, 5.41) is 3.66. The fourth-order valence-corrected chi connectivity index (χ4v) is 2.68. The van der Waals surface area contributed by atoms with E-state index in [1.807, 2.05) is 48.5 Å². The molecular formula is C19H17ClN2O2. The molecule has 1 unspecified atom stereocenters. The van der Waals surface area contributed by atoms with Gasteiger partial charge in [0.2, 0.25) is 5.91 Å². The fourth-order valence-electron chi connectivity index (χ4n) is 2.49. The Morgan fingerprint density at radius 2 is 2.08 bits per heavy atom. The Kier molecular flexibility index (Phi) is 5.29. The molecule has 0 aliphatic rings. The summed E-state index contributed by atoms with van der Waals surface area (Å²) in [5.74, 6) is 0.726. The lowest BCUT2D eigenvalue weighted by Gasteiger charge is -2.19. The molecule has 0 saturated carbocycles. The van der Waals surface area contributed by atoms with Crippen LogP contribution in [-0.4, -0.2) is 10.9 Å². The van der Waals surface area contributed by atoms with E-state index < -0.39 is 0 Å². The summed E-state index contributed by atoms with van der Waals surface area (Å²) >= 11 is 6.10. The van der Waals surface area contributed by atoms with Gasteiger partial charge in [0.15, 0.2) is 0 Å². The molecule has 2 heterocycles. The molecule has 1 amide bonds. The van der Waals surface area contributed by atoms with Gasteiger partial charge in [0.25, 0.3) is 0 Å². The number of nitrogens with one attached hydrogen (secondary N) is 1. The molecule has 4 nitrogen and oxygen atoms in total. The second-order valence-corrected chi connectivity index (χ2v) is 5.83. The third-order valence-corrected chi connectivity index (χ3v) is 3.88. The number of benzene rings is 1. The number of pyridine rings is 1. The van der Waals surface area contributed by atoms with Crippen LogP contribution in [0, 0.1) is 0 Å². The van der Waals surface area contributed by atoms with E-state index in [9.17, 15) is 4.79 Å². The Morgan fingerprint density at radius 1 is 1.17 bits per heavy atom. The minimum atomic E-state index is -0.339. The van der Waals surface area contributed by atoms with E-state index >= 15 is 0 Å². The number of aryl methyl sites for hydroxylation is 1. The monoisotopic (exact) mass is 340 g/mol. The van der Waals surface area contributed by atoms with Gasteiger partial charge in [-0.05, 0) is 42.0 Å². The topological polar surface area (TPSA) is 55.1 Å². The van der Waals surface area contributed by atoms with E-state index in [0.717, 1.165) is 17.0 Å². The van der Waals surface area contributed by atoms with Gasteiger partial charge in [0, 0.05) is 24.1 Å².